The lowest BCUT2D eigenvalue weighted by atomic mass is 9.86. The van der Waals surface area contributed by atoms with Gasteiger partial charge in [-0.3, -0.25) is 0 Å². The van der Waals surface area contributed by atoms with Gasteiger partial charge >= 0.3 is 0 Å². The molecule has 0 aliphatic heterocycles. The van der Waals surface area contributed by atoms with Crippen LogP contribution in [0, 0.1) is 5.92 Å². The molecule has 132 valence electrons. The van der Waals surface area contributed by atoms with Gasteiger partial charge in [-0.05, 0) is 37.7 Å². The molecule has 1 aliphatic rings. The van der Waals surface area contributed by atoms with Crippen LogP contribution in [0.5, 0.6) is 0 Å². The summed E-state index contributed by atoms with van der Waals surface area (Å²) in [5.74, 6) is 2.94. The first-order chi connectivity index (χ1) is 11.6. The molecule has 1 fully saturated rings. The molecule has 2 heterocycles. The fourth-order valence-electron chi connectivity index (χ4n) is 3.70. The predicted octanol–water partition coefficient (Wildman–Crippen LogP) is 3.07. The third-order valence-electron chi connectivity index (χ3n) is 5.31. The molecule has 1 saturated carbocycles. The van der Waals surface area contributed by atoms with Crippen LogP contribution in [-0.4, -0.2) is 50.8 Å². The lowest BCUT2D eigenvalue weighted by molar-refractivity contribution is 0.342. The van der Waals surface area contributed by atoms with E-state index < -0.39 is 9.73 Å². The average molecular weight is 350 g/mol. The number of hydrogen-bond acceptors (Lipinski definition) is 5. The van der Waals surface area contributed by atoms with E-state index in [-0.39, 0.29) is 0 Å². The van der Waals surface area contributed by atoms with E-state index in [1.54, 1.807) is 13.4 Å². The quantitative estimate of drug-likeness (QED) is 0.900. The van der Waals surface area contributed by atoms with Gasteiger partial charge in [-0.1, -0.05) is 6.92 Å². The van der Waals surface area contributed by atoms with E-state index in [1.165, 1.54) is 0 Å². The summed E-state index contributed by atoms with van der Waals surface area (Å²) in [4.78, 5) is 14.2. The zero-order valence-corrected chi connectivity index (χ0v) is 15.6. The number of nitrogens with zero attached hydrogens (tertiary/aromatic N) is 4. The summed E-state index contributed by atoms with van der Waals surface area (Å²) in [5.41, 5.74) is 0.882. The topological polar surface area (TPSA) is 74.2 Å². The molecule has 2 aromatic rings. The molecule has 0 saturated heterocycles. The first-order valence-corrected chi connectivity index (χ1v) is 10.5. The number of anilines is 1. The van der Waals surface area contributed by atoms with Gasteiger partial charge in [0.05, 0.1) is 5.39 Å². The monoisotopic (exact) mass is 349 g/mol. The minimum absolute atomic E-state index is 0.477. The van der Waals surface area contributed by atoms with Gasteiger partial charge in [0, 0.05) is 47.6 Å². The highest BCUT2D eigenvalue weighted by Crippen LogP contribution is 2.32. The summed E-state index contributed by atoms with van der Waals surface area (Å²) in [5, 5.41) is 1.07. The number of H-pyrrole nitrogens is 1. The molecule has 1 unspecified atom stereocenters. The van der Waals surface area contributed by atoms with Gasteiger partial charge in [0.2, 0.25) is 0 Å². The minimum atomic E-state index is -1.99. The second kappa shape index (κ2) is 7.09. The molecule has 0 bridgehead atoms. The van der Waals surface area contributed by atoms with Gasteiger partial charge in [0.1, 0.15) is 17.8 Å². The van der Waals surface area contributed by atoms with E-state index in [1.807, 2.05) is 19.2 Å². The molecule has 1 atom stereocenters. The van der Waals surface area contributed by atoms with Gasteiger partial charge in [0.25, 0.3) is 0 Å². The highest BCUT2D eigenvalue weighted by molar-refractivity contribution is 7.93. The predicted molar refractivity (Wildman–Crippen MR) is 99.9 cm³/mol. The third kappa shape index (κ3) is 3.41. The summed E-state index contributed by atoms with van der Waals surface area (Å²) in [6.45, 7) is 1.98. The smallest absolute Gasteiger partial charge is 0.142 e. The Morgan fingerprint density at radius 3 is 2.75 bits per heavy atom. The molecule has 0 spiro atoms. The molecule has 7 heteroatoms. The summed E-state index contributed by atoms with van der Waals surface area (Å²) >= 11 is 0. The normalized spacial score (nSPS) is 23.8. The molecule has 0 radical (unpaired) electrons. The third-order valence-corrected chi connectivity index (χ3v) is 7.87. The molecule has 24 heavy (non-hydrogen) atoms. The average Bonchev–Trinajstić information content (AvgIpc) is 3.10. The molecule has 3 rings (SSSR count). The Hall–Kier alpha value is -1.63. The van der Waals surface area contributed by atoms with Gasteiger partial charge < -0.3 is 9.88 Å². The van der Waals surface area contributed by atoms with Crippen LogP contribution in [0.4, 0.5) is 5.82 Å². The van der Waals surface area contributed by atoms with Crippen molar-refractivity contribution in [3.8, 4) is 0 Å². The van der Waals surface area contributed by atoms with Crippen LogP contribution in [0.15, 0.2) is 23.0 Å². The first-order valence-electron chi connectivity index (χ1n) is 8.68. The van der Waals surface area contributed by atoms with Gasteiger partial charge in [-0.25, -0.2) is 18.5 Å². The Balaban J connectivity index is 1.66. The van der Waals surface area contributed by atoms with Crippen molar-refractivity contribution < 1.29 is 4.21 Å². The van der Waals surface area contributed by atoms with Crippen LogP contribution in [0.2, 0.25) is 0 Å². The van der Waals surface area contributed by atoms with Crippen LogP contribution >= 0.6 is 0 Å². The first kappa shape index (κ1) is 17.2. The van der Waals surface area contributed by atoms with Gasteiger partial charge in [0.15, 0.2) is 0 Å². The van der Waals surface area contributed by atoms with Crippen molar-refractivity contribution >= 4 is 26.6 Å². The van der Waals surface area contributed by atoms with Gasteiger partial charge in [-0.2, -0.15) is 0 Å². The van der Waals surface area contributed by atoms with Gasteiger partial charge in [-0.15, -0.1) is 0 Å². The standard InChI is InChI=1S/C17H27N5OS/c1-4-24(23,18-2)11-13-5-7-14(8-6-13)22(3)17-15-9-10-19-16(15)20-12-21-17/h9-10,12-14H,4-8,11H2,1-3H3,(H,19,20,21). The number of aromatic amines is 1. The fourth-order valence-corrected chi connectivity index (χ4v) is 5.41. The van der Waals surface area contributed by atoms with Crippen LogP contribution in [0.1, 0.15) is 32.6 Å². The van der Waals surface area contributed by atoms with Crippen LogP contribution in [0.25, 0.3) is 11.0 Å². The van der Waals surface area contributed by atoms with E-state index in [4.69, 9.17) is 0 Å². The maximum absolute atomic E-state index is 12.5. The maximum atomic E-state index is 12.5. The summed E-state index contributed by atoms with van der Waals surface area (Å²) in [6.07, 6.45) is 7.98. The van der Waals surface area contributed by atoms with Crippen molar-refractivity contribution in [2.24, 2.45) is 10.3 Å². The summed E-state index contributed by atoms with van der Waals surface area (Å²) in [7, 11) is 1.83. The Bertz CT molecular complexity index is 800. The molecular formula is C17H27N5OS. The van der Waals surface area contributed by atoms with Crippen LogP contribution in [0.3, 0.4) is 0 Å². The molecule has 6 nitrogen and oxygen atoms in total. The zero-order chi connectivity index (χ0) is 17.2. The Morgan fingerprint density at radius 1 is 1.33 bits per heavy atom. The van der Waals surface area contributed by atoms with E-state index >= 15 is 0 Å². The van der Waals surface area contributed by atoms with E-state index in [2.05, 4.69) is 31.3 Å². The zero-order valence-electron chi connectivity index (χ0n) is 14.7. The number of nitrogens with one attached hydrogen (secondary N) is 1. The second-order valence-corrected chi connectivity index (χ2v) is 9.45. The van der Waals surface area contributed by atoms with Crippen molar-refractivity contribution in [1.82, 2.24) is 15.0 Å². The SMILES string of the molecule is CCS(=O)(CC1CCC(N(C)c2ncnc3[nH]ccc23)CC1)=NC. The molecular weight excluding hydrogens is 322 g/mol. The lowest BCUT2D eigenvalue weighted by Crippen LogP contribution is -2.37. The number of hydrogen-bond donors (Lipinski definition) is 1. The van der Waals surface area contributed by atoms with Crippen molar-refractivity contribution in [2.45, 2.75) is 38.6 Å². The Labute approximate surface area is 144 Å². The molecule has 2 aromatic heterocycles. The maximum Gasteiger partial charge on any atom is 0.142 e. The number of rotatable bonds is 5. The van der Waals surface area contributed by atoms with Crippen LogP contribution < -0.4 is 4.90 Å². The van der Waals surface area contributed by atoms with Crippen molar-refractivity contribution in [2.75, 3.05) is 30.5 Å². The van der Waals surface area contributed by atoms with E-state index in [9.17, 15) is 4.21 Å². The number of aromatic nitrogens is 3. The van der Waals surface area contributed by atoms with Crippen molar-refractivity contribution in [3.05, 3.63) is 18.6 Å². The molecule has 0 aromatic carbocycles. The van der Waals surface area contributed by atoms with Crippen molar-refractivity contribution in [1.29, 1.82) is 0 Å². The molecule has 1 N–H and O–H groups in total. The molecule has 1 aliphatic carbocycles. The number of fused-ring (bicyclic) bond motifs is 1. The Kier molecular flexibility index (Phi) is 5.08. The highest BCUT2D eigenvalue weighted by Gasteiger charge is 2.27. The van der Waals surface area contributed by atoms with Crippen molar-refractivity contribution in [3.63, 3.8) is 0 Å². The largest absolute Gasteiger partial charge is 0.356 e. The Morgan fingerprint density at radius 2 is 2.08 bits per heavy atom. The highest BCUT2D eigenvalue weighted by atomic mass is 32.2. The van der Waals surface area contributed by atoms with Crippen LogP contribution in [-0.2, 0) is 9.73 Å². The summed E-state index contributed by atoms with van der Waals surface area (Å²) < 4.78 is 16.7. The van der Waals surface area contributed by atoms with E-state index in [0.717, 1.165) is 48.3 Å². The second-order valence-electron chi connectivity index (χ2n) is 6.63. The minimum Gasteiger partial charge on any atom is -0.356 e. The molecule has 0 amide bonds. The summed E-state index contributed by atoms with van der Waals surface area (Å²) in [6, 6.07) is 2.51. The lowest BCUT2D eigenvalue weighted by Gasteiger charge is -2.35. The fraction of sp³-hybridized carbons (Fsp3) is 0.647. The van der Waals surface area contributed by atoms with E-state index in [0.29, 0.717) is 17.7 Å².